The number of hydrogen-bond acceptors (Lipinski definition) is 6. The molecule has 0 radical (unpaired) electrons. The Bertz CT molecular complexity index is 598. The van der Waals surface area contributed by atoms with Crippen molar-refractivity contribution in [3.8, 4) is 5.75 Å². The van der Waals surface area contributed by atoms with Gasteiger partial charge in [0, 0.05) is 18.2 Å². The molecule has 1 aromatic carbocycles. The lowest BCUT2D eigenvalue weighted by molar-refractivity contribution is -0.134. The van der Waals surface area contributed by atoms with Crippen LogP contribution in [0.3, 0.4) is 0 Å². The number of carboxylic acid groups (broad SMARTS) is 2. The van der Waals surface area contributed by atoms with Crippen molar-refractivity contribution in [1.82, 2.24) is 5.32 Å². The van der Waals surface area contributed by atoms with Crippen LogP contribution in [0.4, 0.5) is 5.69 Å². The number of fused-ring (bicyclic) bond motifs is 1. The number of likely N-dealkylation sites (N-methyl/N-ethyl adjacent to an activating group) is 1. The van der Waals surface area contributed by atoms with Crippen molar-refractivity contribution in [2.45, 2.75) is 25.0 Å². The maximum absolute atomic E-state index is 10.0. The van der Waals surface area contributed by atoms with E-state index in [2.05, 4.69) is 5.32 Å². The molecule has 1 aromatic rings. The third kappa shape index (κ3) is 4.97. The summed E-state index contributed by atoms with van der Waals surface area (Å²) in [6.45, 7) is 0. The Labute approximate surface area is 132 Å². The van der Waals surface area contributed by atoms with E-state index in [4.69, 9.17) is 15.9 Å². The Kier molecular flexibility index (Phi) is 6.55. The minimum absolute atomic E-state index is 0.0708. The first kappa shape index (κ1) is 18.5. The minimum atomic E-state index is -1.26. The molecule has 0 bridgehead atoms. The van der Waals surface area contributed by atoms with E-state index in [0.717, 1.165) is 24.0 Å². The molecule has 7 N–H and O–H groups in total. The van der Waals surface area contributed by atoms with Crippen molar-refractivity contribution in [2.24, 2.45) is 0 Å². The standard InChI is InChI=1S/C11H16N2O2.C4H4O4/c1-13-8-4-2-6-7(11(8)15)3-5-9(14)10(6)12;5-3(6)1-2-4(7)8/h3,5,8,11,13-15H,2,4,12H2,1H3;1-2H,(H,5,6)(H,7,8)/b;2-1+/t8-,11-;/m1./s1. The van der Waals surface area contributed by atoms with Gasteiger partial charge in [-0.25, -0.2) is 9.59 Å². The first-order valence-corrected chi connectivity index (χ1v) is 6.87. The summed E-state index contributed by atoms with van der Waals surface area (Å²) in [6, 6.07) is 3.35. The van der Waals surface area contributed by atoms with Crippen molar-refractivity contribution >= 4 is 17.6 Å². The lowest BCUT2D eigenvalue weighted by atomic mass is 9.85. The zero-order valence-corrected chi connectivity index (χ0v) is 12.6. The molecule has 23 heavy (non-hydrogen) atoms. The number of aromatic hydroxyl groups is 1. The fourth-order valence-corrected chi connectivity index (χ4v) is 2.34. The molecule has 0 saturated heterocycles. The highest BCUT2D eigenvalue weighted by molar-refractivity contribution is 5.89. The average Bonchev–Trinajstić information content (AvgIpc) is 2.50. The molecule has 0 unspecified atom stereocenters. The number of nitrogens with one attached hydrogen (secondary N) is 1. The van der Waals surface area contributed by atoms with Gasteiger partial charge in [0.25, 0.3) is 0 Å². The van der Waals surface area contributed by atoms with E-state index in [9.17, 15) is 19.8 Å². The van der Waals surface area contributed by atoms with E-state index in [1.165, 1.54) is 6.07 Å². The number of nitrogen functional groups attached to an aromatic ring is 1. The number of anilines is 1. The minimum Gasteiger partial charge on any atom is -0.506 e. The first-order chi connectivity index (χ1) is 10.8. The van der Waals surface area contributed by atoms with Crippen LogP contribution >= 0.6 is 0 Å². The quantitative estimate of drug-likeness (QED) is 0.263. The molecule has 2 rings (SSSR count). The third-order valence-electron chi connectivity index (χ3n) is 3.51. The molecule has 0 saturated carbocycles. The highest BCUT2D eigenvalue weighted by Gasteiger charge is 2.28. The van der Waals surface area contributed by atoms with E-state index >= 15 is 0 Å². The Morgan fingerprint density at radius 1 is 1.26 bits per heavy atom. The maximum Gasteiger partial charge on any atom is 0.328 e. The van der Waals surface area contributed by atoms with Crippen LogP contribution in [0.25, 0.3) is 0 Å². The molecule has 8 nitrogen and oxygen atoms in total. The van der Waals surface area contributed by atoms with E-state index in [0.29, 0.717) is 17.8 Å². The van der Waals surface area contributed by atoms with Crippen LogP contribution in [-0.2, 0) is 16.0 Å². The predicted molar refractivity (Wildman–Crippen MR) is 83.1 cm³/mol. The molecule has 0 aliphatic heterocycles. The summed E-state index contributed by atoms with van der Waals surface area (Å²) in [5.74, 6) is -2.41. The molecule has 0 heterocycles. The summed E-state index contributed by atoms with van der Waals surface area (Å²) in [6.07, 6.45) is 2.20. The molecule has 1 aliphatic carbocycles. The second-order valence-electron chi connectivity index (χ2n) is 4.95. The van der Waals surface area contributed by atoms with E-state index < -0.39 is 18.0 Å². The Balaban J connectivity index is 0.000000284. The largest absolute Gasteiger partial charge is 0.506 e. The number of phenols is 1. The summed E-state index contributed by atoms with van der Waals surface area (Å²) in [7, 11) is 1.84. The van der Waals surface area contributed by atoms with Gasteiger partial charge in [-0.2, -0.15) is 0 Å². The predicted octanol–water partition coefficient (Wildman–Crippen LogP) is 0.254. The maximum atomic E-state index is 10.0. The molecule has 0 fully saturated rings. The fraction of sp³-hybridized carbons (Fsp3) is 0.333. The number of carboxylic acids is 2. The Morgan fingerprint density at radius 2 is 1.83 bits per heavy atom. The summed E-state index contributed by atoms with van der Waals surface area (Å²) < 4.78 is 0. The molecule has 1 aliphatic rings. The summed E-state index contributed by atoms with van der Waals surface area (Å²) in [4.78, 5) is 19.1. The number of carbonyl (C=O) groups is 2. The second-order valence-corrected chi connectivity index (χ2v) is 4.95. The second kappa shape index (κ2) is 8.16. The van der Waals surface area contributed by atoms with Crippen LogP contribution in [0, 0.1) is 0 Å². The average molecular weight is 324 g/mol. The smallest absolute Gasteiger partial charge is 0.328 e. The van der Waals surface area contributed by atoms with E-state index in [1.54, 1.807) is 6.07 Å². The number of aliphatic hydroxyl groups is 1. The van der Waals surface area contributed by atoms with Gasteiger partial charge in [0.05, 0.1) is 11.8 Å². The number of aliphatic carboxylic acids is 2. The molecule has 126 valence electrons. The molecular weight excluding hydrogens is 304 g/mol. The zero-order chi connectivity index (χ0) is 17.6. The van der Waals surface area contributed by atoms with Crippen LogP contribution in [0.1, 0.15) is 23.7 Å². The highest BCUT2D eigenvalue weighted by Crippen LogP contribution is 2.37. The molecule has 0 amide bonds. The van der Waals surface area contributed by atoms with Crippen molar-refractivity contribution in [3.05, 3.63) is 35.4 Å². The molecule has 0 aromatic heterocycles. The lowest BCUT2D eigenvalue weighted by Gasteiger charge is -2.30. The van der Waals surface area contributed by atoms with Gasteiger partial charge < -0.3 is 31.5 Å². The van der Waals surface area contributed by atoms with Gasteiger partial charge in [-0.05, 0) is 37.1 Å². The van der Waals surface area contributed by atoms with Gasteiger partial charge in [0.2, 0.25) is 0 Å². The third-order valence-corrected chi connectivity index (χ3v) is 3.51. The van der Waals surface area contributed by atoms with Crippen molar-refractivity contribution in [3.63, 3.8) is 0 Å². The normalized spacial score (nSPS) is 19.6. The number of benzene rings is 1. The van der Waals surface area contributed by atoms with Crippen molar-refractivity contribution < 1.29 is 30.0 Å². The fourth-order valence-electron chi connectivity index (χ4n) is 2.34. The van der Waals surface area contributed by atoms with Gasteiger partial charge in [-0.15, -0.1) is 0 Å². The van der Waals surface area contributed by atoms with Crippen LogP contribution in [0.2, 0.25) is 0 Å². The SMILES string of the molecule is CN[C@@H]1CCc2c(ccc(O)c2N)[C@H]1O.O=C(O)/C=C/C(=O)O. The lowest BCUT2D eigenvalue weighted by Crippen LogP contribution is -2.36. The Morgan fingerprint density at radius 3 is 2.30 bits per heavy atom. The number of aliphatic hydroxyl groups excluding tert-OH is 1. The van der Waals surface area contributed by atoms with Gasteiger partial charge in [0.1, 0.15) is 5.75 Å². The van der Waals surface area contributed by atoms with Gasteiger partial charge in [-0.1, -0.05) is 6.07 Å². The molecule has 0 spiro atoms. The van der Waals surface area contributed by atoms with E-state index in [1.807, 2.05) is 7.05 Å². The van der Waals surface area contributed by atoms with Gasteiger partial charge in [0.15, 0.2) is 0 Å². The molecule has 2 atom stereocenters. The van der Waals surface area contributed by atoms with Crippen LogP contribution in [0.5, 0.6) is 5.75 Å². The van der Waals surface area contributed by atoms with Crippen molar-refractivity contribution in [2.75, 3.05) is 12.8 Å². The highest BCUT2D eigenvalue weighted by atomic mass is 16.4. The number of rotatable bonds is 3. The number of hydrogen-bond donors (Lipinski definition) is 6. The molecule has 8 heteroatoms. The van der Waals surface area contributed by atoms with Crippen molar-refractivity contribution in [1.29, 1.82) is 0 Å². The van der Waals surface area contributed by atoms with Crippen LogP contribution in [-0.4, -0.2) is 45.5 Å². The van der Waals surface area contributed by atoms with Gasteiger partial charge >= 0.3 is 11.9 Å². The van der Waals surface area contributed by atoms with Crippen LogP contribution < -0.4 is 11.1 Å². The Hall–Kier alpha value is -2.58. The monoisotopic (exact) mass is 324 g/mol. The van der Waals surface area contributed by atoms with Crippen LogP contribution in [0.15, 0.2) is 24.3 Å². The first-order valence-electron chi connectivity index (χ1n) is 6.87. The number of nitrogens with two attached hydrogens (primary N) is 1. The summed E-state index contributed by atoms with van der Waals surface area (Å²) in [5.41, 5.74) is 7.89. The van der Waals surface area contributed by atoms with Gasteiger partial charge in [-0.3, -0.25) is 0 Å². The van der Waals surface area contributed by atoms with E-state index in [-0.39, 0.29) is 11.8 Å². The zero-order valence-electron chi connectivity index (χ0n) is 12.6. The number of phenolic OH excluding ortho intramolecular Hbond substituents is 1. The molecular formula is C15H20N2O6. The summed E-state index contributed by atoms with van der Waals surface area (Å²) in [5, 5.41) is 38.2. The summed E-state index contributed by atoms with van der Waals surface area (Å²) >= 11 is 0. The topological polar surface area (TPSA) is 153 Å².